The molecular weight excluding hydrogens is 703 g/mol. The zero-order valence-electron chi connectivity index (χ0n) is 32.2. The first-order chi connectivity index (χ1) is 28.8. The Morgan fingerprint density at radius 3 is 1.81 bits per heavy atom. The van der Waals surface area contributed by atoms with E-state index in [1.165, 1.54) is 82.7 Å². The van der Waals surface area contributed by atoms with E-state index in [-0.39, 0.29) is 0 Å². The summed E-state index contributed by atoms with van der Waals surface area (Å²) in [5.41, 5.74) is 15.6. The molecule has 276 valence electrons. The Bertz CT molecular complexity index is 3200. The van der Waals surface area contributed by atoms with Gasteiger partial charge in [0, 0.05) is 32.6 Å². The highest BCUT2D eigenvalue weighted by Crippen LogP contribution is 2.44. The van der Waals surface area contributed by atoms with Gasteiger partial charge in [0.15, 0.2) is 0 Å². The maximum atomic E-state index is 7.00. The standard InChI is InChI=1S/C56H41NO/c1-3-15-38(16-4-1)40-29-33-43(34-30-40)46-22-11-12-25-51(46)57(52-26-13-20-42-19-7-8-21-45(42)52)53-27-14-28-54-55(53)50-37-49(47-23-9-10-24-48(47)56(50)58-54)44-35-31-41(32-36-44)39-17-5-2-6-18-39/h1-13,15-26,28-31,33-35,37H,14,27,32,36H2. The van der Waals surface area contributed by atoms with Crippen molar-refractivity contribution >= 4 is 66.8 Å². The van der Waals surface area contributed by atoms with Crippen LogP contribution in [-0.2, 0) is 0 Å². The lowest BCUT2D eigenvalue weighted by Crippen LogP contribution is -2.33. The lowest BCUT2D eigenvalue weighted by Gasteiger charge is -2.32. The van der Waals surface area contributed by atoms with E-state index in [1.807, 2.05) is 0 Å². The molecule has 0 unspecified atom stereocenters. The predicted molar refractivity (Wildman–Crippen MR) is 245 cm³/mol. The third-order valence-corrected chi connectivity index (χ3v) is 12.1. The molecule has 2 aliphatic rings. The van der Waals surface area contributed by atoms with Crippen molar-refractivity contribution in [3.63, 3.8) is 0 Å². The summed E-state index contributed by atoms with van der Waals surface area (Å²) in [4.78, 5) is 2.55. The average molecular weight is 744 g/mol. The number of anilines is 2. The first kappa shape index (κ1) is 34.1. The van der Waals surface area contributed by atoms with Gasteiger partial charge in [-0.2, -0.15) is 0 Å². The molecule has 1 aromatic heterocycles. The lowest BCUT2D eigenvalue weighted by molar-refractivity contribution is 0.573. The van der Waals surface area contributed by atoms with Crippen molar-refractivity contribution < 1.29 is 4.42 Å². The Balaban J connectivity index is 1.16. The fourth-order valence-corrected chi connectivity index (χ4v) is 9.30. The third-order valence-electron chi connectivity index (χ3n) is 12.1. The van der Waals surface area contributed by atoms with Crippen LogP contribution in [0.5, 0.6) is 0 Å². The number of allylic oxidation sites excluding steroid dienone is 4. The number of benzene rings is 8. The Morgan fingerprint density at radius 1 is 0.414 bits per heavy atom. The molecular formula is C56H41NO. The summed E-state index contributed by atoms with van der Waals surface area (Å²) in [5.74, 6) is 0. The maximum absolute atomic E-state index is 7.00. The van der Waals surface area contributed by atoms with E-state index in [4.69, 9.17) is 4.42 Å². The van der Waals surface area contributed by atoms with Crippen LogP contribution in [0.1, 0.15) is 36.8 Å². The first-order valence-electron chi connectivity index (χ1n) is 20.4. The highest BCUT2D eigenvalue weighted by molar-refractivity contribution is 6.11. The van der Waals surface area contributed by atoms with Crippen LogP contribution in [0.4, 0.5) is 11.4 Å². The van der Waals surface area contributed by atoms with E-state index < -0.39 is 0 Å². The molecule has 2 nitrogen and oxygen atoms in total. The van der Waals surface area contributed by atoms with Crippen LogP contribution in [0.15, 0.2) is 199 Å². The molecule has 0 saturated heterocycles. The lowest BCUT2D eigenvalue weighted by atomic mass is 9.87. The topological polar surface area (TPSA) is 16.4 Å². The summed E-state index contributed by atoms with van der Waals surface area (Å²) in [6.45, 7) is 0. The summed E-state index contributed by atoms with van der Waals surface area (Å²) >= 11 is 0. The van der Waals surface area contributed by atoms with E-state index in [2.05, 4.69) is 205 Å². The second-order valence-electron chi connectivity index (χ2n) is 15.4. The number of hydrogen-bond donors (Lipinski definition) is 0. The van der Waals surface area contributed by atoms with Crippen LogP contribution >= 0.6 is 0 Å². The number of nitrogens with zero attached hydrogens (tertiary/aromatic N) is 1. The molecule has 0 spiro atoms. The van der Waals surface area contributed by atoms with Crippen molar-refractivity contribution in [2.24, 2.45) is 0 Å². The molecule has 0 atom stereocenters. The number of hydrogen-bond acceptors (Lipinski definition) is 2. The number of para-hydroxylation sites is 1. The molecule has 11 rings (SSSR count). The summed E-state index contributed by atoms with van der Waals surface area (Å²) < 4.78 is 7.00. The maximum Gasteiger partial charge on any atom is 0.143 e. The quantitative estimate of drug-likeness (QED) is 0.162. The molecule has 0 bridgehead atoms. The molecule has 0 radical (unpaired) electrons. The summed E-state index contributed by atoms with van der Waals surface area (Å²) in [5, 5.41) is 7.19. The Kier molecular flexibility index (Phi) is 8.47. The van der Waals surface area contributed by atoms with Crippen LogP contribution in [-0.4, -0.2) is 0 Å². The smallest absolute Gasteiger partial charge is 0.143 e. The molecule has 0 saturated carbocycles. The number of fused-ring (bicyclic) bond motifs is 6. The molecule has 2 aliphatic carbocycles. The highest BCUT2D eigenvalue weighted by atomic mass is 16.3. The van der Waals surface area contributed by atoms with E-state index in [9.17, 15) is 0 Å². The van der Waals surface area contributed by atoms with E-state index in [0.717, 1.165) is 47.8 Å². The highest BCUT2D eigenvalue weighted by Gasteiger charge is 2.26. The number of furan rings is 1. The second kappa shape index (κ2) is 14.4. The van der Waals surface area contributed by atoms with E-state index in [0.29, 0.717) is 0 Å². The van der Waals surface area contributed by atoms with Crippen LogP contribution in [0.3, 0.4) is 0 Å². The van der Waals surface area contributed by atoms with Gasteiger partial charge in [0.05, 0.1) is 11.4 Å². The monoisotopic (exact) mass is 743 g/mol. The van der Waals surface area contributed by atoms with Crippen molar-refractivity contribution in [1.29, 1.82) is 0 Å². The molecule has 9 aromatic rings. The molecule has 0 N–H and O–H groups in total. The summed E-state index contributed by atoms with van der Waals surface area (Å²) in [6.07, 6.45) is 10.7. The third kappa shape index (κ3) is 5.88. The van der Waals surface area contributed by atoms with Crippen LogP contribution < -0.4 is 15.5 Å². The van der Waals surface area contributed by atoms with Crippen molar-refractivity contribution in [1.82, 2.24) is 0 Å². The summed E-state index contributed by atoms with van der Waals surface area (Å²) in [7, 11) is 0. The van der Waals surface area contributed by atoms with Crippen LogP contribution in [0.25, 0.3) is 77.7 Å². The van der Waals surface area contributed by atoms with Gasteiger partial charge in [0.2, 0.25) is 0 Å². The largest absolute Gasteiger partial charge is 0.456 e. The van der Waals surface area contributed by atoms with Crippen molar-refractivity contribution in [3.05, 3.63) is 216 Å². The molecule has 0 amide bonds. The first-order valence-corrected chi connectivity index (χ1v) is 20.4. The van der Waals surface area contributed by atoms with Gasteiger partial charge in [0.25, 0.3) is 0 Å². The predicted octanol–water partition coefficient (Wildman–Crippen LogP) is 13.9. The summed E-state index contributed by atoms with van der Waals surface area (Å²) in [6, 6.07) is 66.1. The van der Waals surface area contributed by atoms with Gasteiger partial charge in [-0.3, -0.25) is 0 Å². The van der Waals surface area contributed by atoms with Gasteiger partial charge in [-0.05, 0) is 99.7 Å². The molecule has 0 aliphatic heterocycles. The minimum Gasteiger partial charge on any atom is -0.456 e. The zero-order chi connectivity index (χ0) is 38.4. The van der Waals surface area contributed by atoms with Crippen LogP contribution in [0, 0.1) is 0 Å². The number of rotatable bonds is 7. The van der Waals surface area contributed by atoms with Gasteiger partial charge >= 0.3 is 0 Å². The molecule has 2 heteroatoms. The average Bonchev–Trinajstić information content (AvgIpc) is 3.69. The molecule has 1 heterocycles. The van der Waals surface area contributed by atoms with E-state index in [1.54, 1.807) is 0 Å². The van der Waals surface area contributed by atoms with Crippen molar-refractivity contribution in [2.75, 3.05) is 4.90 Å². The van der Waals surface area contributed by atoms with Crippen molar-refractivity contribution in [3.8, 4) is 22.3 Å². The Morgan fingerprint density at radius 2 is 1.02 bits per heavy atom. The zero-order valence-corrected chi connectivity index (χ0v) is 32.2. The fourth-order valence-electron chi connectivity index (χ4n) is 9.30. The minimum absolute atomic E-state index is 0.875. The van der Waals surface area contributed by atoms with Crippen molar-refractivity contribution in [2.45, 2.75) is 25.7 Å². The normalized spacial score (nSPS) is 13.9. The molecule has 0 fully saturated rings. The van der Waals surface area contributed by atoms with E-state index >= 15 is 0 Å². The van der Waals surface area contributed by atoms with Gasteiger partial charge in [-0.1, -0.05) is 176 Å². The van der Waals surface area contributed by atoms with Gasteiger partial charge < -0.3 is 9.32 Å². The van der Waals surface area contributed by atoms with Gasteiger partial charge in [0.1, 0.15) is 11.0 Å². The fraction of sp³-hybridized carbons (Fsp3) is 0.0714. The Hall–Kier alpha value is -7.16. The van der Waals surface area contributed by atoms with Crippen LogP contribution in [0.2, 0.25) is 0 Å². The minimum atomic E-state index is 0.875. The Labute approximate surface area is 338 Å². The SMILES string of the molecule is C1=C(c2ccccc2)CCC(c2cc3c4c(oc3c3ccccc23)=CCCC=4N(c2ccccc2-c2ccc(-c3ccccc3)cc2)c2cccc3ccccc23)=C1. The molecule has 58 heavy (non-hydrogen) atoms. The second-order valence-corrected chi connectivity index (χ2v) is 15.4. The van der Waals surface area contributed by atoms with Gasteiger partial charge in [-0.15, -0.1) is 0 Å². The van der Waals surface area contributed by atoms with Gasteiger partial charge in [-0.25, -0.2) is 0 Å². The molecule has 8 aromatic carbocycles.